The number of rotatable bonds is 5. The fourth-order valence-electron chi connectivity index (χ4n) is 2.75. The minimum absolute atomic E-state index is 0.530. The van der Waals surface area contributed by atoms with Gasteiger partial charge < -0.3 is 10.6 Å². The topological polar surface area (TPSA) is 45.4 Å². The van der Waals surface area contributed by atoms with Crippen molar-refractivity contribution in [2.75, 3.05) is 27.2 Å². The highest BCUT2D eigenvalue weighted by molar-refractivity contribution is 5.19. The summed E-state index contributed by atoms with van der Waals surface area (Å²) in [6.45, 7) is 3.84. The highest BCUT2D eigenvalue weighted by Crippen LogP contribution is 2.21. The number of pyridine rings is 1. The molecule has 2 N–H and O–H groups in total. The van der Waals surface area contributed by atoms with Crippen LogP contribution in [0.4, 0.5) is 0 Å². The standard InChI is InChI=1S/C14H24N4/c1-17(2)11-13-6-4-8-18(13)10-12-5-3-7-16-14(12)9-15/h3,5,7,13H,4,6,8-11,15H2,1-2H3. The fourth-order valence-corrected chi connectivity index (χ4v) is 2.75. The second-order valence-electron chi connectivity index (χ2n) is 5.34. The van der Waals surface area contributed by atoms with Crippen LogP contribution < -0.4 is 5.73 Å². The van der Waals surface area contributed by atoms with Crippen LogP contribution in [-0.2, 0) is 13.1 Å². The first kappa shape index (κ1) is 13.5. The molecule has 0 radical (unpaired) electrons. The number of nitrogens with two attached hydrogens (primary N) is 1. The molecule has 1 aromatic rings. The fraction of sp³-hybridized carbons (Fsp3) is 0.643. The summed E-state index contributed by atoms with van der Waals surface area (Å²) in [4.78, 5) is 9.20. The Labute approximate surface area is 110 Å². The van der Waals surface area contributed by atoms with Crippen molar-refractivity contribution in [1.82, 2.24) is 14.8 Å². The van der Waals surface area contributed by atoms with E-state index in [0.717, 1.165) is 18.8 Å². The van der Waals surface area contributed by atoms with E-state index in [4.69, 9.17) is 5.73 Å². The lowest BCUT2D eigenvalue weighted by Gasteiger charge is -2.27. The zero-order valence-corrected chi connectivity index (χ0v) is 11.5. The summed E-state index contributed by atoms with van der Waals surface area (Å²) >= 11 is 0. The molecule has 0 amide bonds. The first-order chi connectivity index (χ1) is 8.70. The molecule has 1 fully saturated rings. The molecular weight excluding hydrogens is 224 g/mol. The summed E-state index contributed by atoms with van der Waals surface area (Å²) in [5.74, 6) is 0. The Kier molecular flexibility index (Phi) is 4.69. The third kappa shape index (κ3) is 3.28. The number of nitrogens with zero attached hydrogens (tertiary/aromatic N) is 3. The summed E-state index contributed by atoms with van der Waals surface area (Å²) in [7, 11) is 4.29. The Balaban J connectivity index is 2.03. The van der Waals surface area contributed by atoms with Gasteiger partial charge in [-0.1, -0.05) is 6.07 Å². The lowest BCUT2D eigenvalue weighted by atomic mass is 10.1. The minimum atomic E-state index is 0.530. The molecule has 2 rings (SSSR count). The van der Waals surface area contributed by atoms with E-state index in [-0.39, 0.29) is 0 Å². The molecule has 100 valence electrons. The average Bonchev–Trinajstić information content (AvgIpc) is 2.76. The number of hydrogen-bond donors (Lipinski definition) is 1. The molecule has 0 bridgehead atoms. The second kappa shape index (κ2) is 6.27. The summed E-state index contributed by atoms with van der Waals surface area (Å²) in [6.07, 6.45) is 4.43. The lowest BCUT2D eigenvalue weighted by molar-refractivity contribution is 0.200. The summed E-state index contributed by atoms with van der Waals surface area (Å²) in [6, 6.07) is 4.83. The number of likely N-dealkylation sites (N-methyl/N-ethyl adjacent to an activating group) is 1. The van der Waals surface area contributed by atoms with Crippen molar-refractivity contribution in [2.45, 2.75) is 32.0 Å². The molecule has 0 aromatic carbocycles. The summed E-state index contributed by atoms with van der Waals surface area (Å²) in [5, 5.41) is 0. The van der Waals surface area contributed by atoms with Gasteiger partial charge in [0, 0.05) is 31.9 Å². The Morgan fingerprint density at radius 2 is 2.33 bits per heavy atom. The van der Waals surface area contributed by atoms with Crippen LogP contribution in [0.25, 0.3) is 0 Å². The Hall–Kier alpha value is -0.970. The molecule has 1 atom stereocenters. The predicted octanol–water partition coefficient (Wildman–Crippen LogP) is 1.07. The van der Waals surface area contributed by atoms with E-state index in [2.05, 4.69) is 34.9 Å². The van der Waals surface area contributed by atoms with Crippen LogP contribution >= 0.6 is 0 Å². The molecule has 4 heteroatoms. The Morgan fingerprint density at radius 3 is 3.06 bits per heavy atom. The predicted molar refractivity (Wildman–Crippen MR) is 74.1 cm³/mol. The van der Waals surface area contributed by atoms with Crippen molar-refractivity contribution in [3.8, 4) is 0 Å². The van der Waals surface area contributed by atoms with Gasteiger partial charge in [0.25, 0.3) is 0 Å². The summed E-state index contributed by atoms with van der Waals surface area (Å²) < 4.78 is 0. The first-order valence-electron chi connectivity index (χ1n) is 6.72. The van der Waals surface area contributed by atoms with Gasteiger partial charge in [-0.05, 0) is 45.1 Å². The molecule has 1 unspecified atom stereocenters. The maximum Gasteiger partial charge on any atom is 0.0584 e. The molecule has 4 nitrogen and oxygen atoms in total. The molecule has 1 aliphatic rings. The largest absolute Gasteiger partial charge is 0.325 e. The quantitative estimate of drug-likeness (QED) is 0.846. The first-order valence-corrected chi connectivity index (χ1v) is 6.72. The van der Waals surface area contributed by atoms with Crippen LogP contribution in [0.15, 0.2) is 18.3 Å². The highest BCUT2D eigenvalue weighted by Gasteiger charge is 2.25. The van der Waals surface area contributed by atoms with Crippen molar-refractivity contribution in [3.63, 3.8) is 0 Å². The van der Waals surface area contributed by atoms with E-state index < -0.39 is 0 Å². The van der Waals surface area contributed by atoms with Gasteiger partial charge in [0.1, 0.15) is 0 Å². The van der Waals surface area contributed by atoms with Gasteiger partial charge in [0.15, 0.2) is 0 Å². The van der Waals surface area contributed by atoms with Crippen LogP contribution in [0.1, 0.15) is 24.1 Å². The minimum Gasteiger partial charge on any atom is -0.325 e. The molecule has 1 aliphatic heterocycles. The number of aromatic nitrogens is 1. The van der Waals surface area contributed by atoms with E-state index in [9.17, 15) is 0 Å². The van der Waals surface area contributed by atoms with Crippen molar-refractivity contribution in [1.29, 1.82) is 0 Å². The van der Waals surface area contributed by atoms with Crippen molar-refractivity contribution in [3.05, 3.63) is 29.6 Å². The van der Waals surface area contributed by atoms with E-state index in [1.54, 1.807) is 0 Å². The molecular formula is C14H24N4. The molecule has 0 spiro atoms. The maximum absolute atomic E-state index is 5.75. The molecule has 1 saturated heterocycles. The normalized spacial score (nSPS) is 20.8. The van der Waals surface area contributed by atoms with Crippen LogP contribution in [0.2, 0.25) is 0 Å². The van der Waals surface area contributed by atoms with Crippen LogP contribution in [0.5, 0.6) is 0 Å². The van der Waals surface area contributed by atoms with Crippen molar-refractivity contribution >= 4 is 0 Å². The van der Waals surface area contributed by atoms with E-state index in [1.807, 2.05) is 12.3 Å². The highest BCUT2D eigenvalue weighted by atomic mass is 15.2. The van der Waals surface area contributed by atoms with Gasteiger partial charge in [0.05, 0.1) is 5.69 Å². The third-order valence-electron chi connectivity index (χ3n) is 3.63. The van der Waals surface area contributed by atoms with Gasteiger partial charge in [-0.25, -0.2) is 0 Å². The zero-order chi connectivity index (χ0) is 13.0. The summed E-state index contributed by atoms with van der Waals surface area (Å²) in [5.41, 5.74) is 8.07. The van der Waals surface area contributed by atoms with Crippen LogP contribution in [0.3, 0.4) is 0 Å². The third-order valence-corrected chi connectivity index (χ3v) is 3.63. The van der Waals surface area contributed by atoms with Crippen molar-refractivity contribution < 1.29 is 0 Å². The van der Waals surface area contributed by atoms with E-state index in [0.29, 0.717) is 12.6 Å². The Morgan fingerprint density at radius 1 is 1.50 bits per heavy atom. The number of likely N-dealkylation sites (tertiary alicyclic amines) is 1. The SMILES string of the molecule is CN(C)CC1CCCN1Cc1cccnc1CN. The molecule has 0 aliphatic carbocycles. The second-order valence-corrected chi connectivity index (χ2v) is 5.34. The van der Waals surface area contributed by atoms with E-state index >= 15 is 0 Å². The number of hydrogen-bond acceptors (Lipinski definition) is 4. The molecule has 1 aromatic heterocycles. The zero-order valence-electron chi connectivity index (χ0n) is 11.5. The smallest absolute Gasteiger partial charge is 0.0584 e. The van der Waals surface area contributed by atoms with Gasteiger partial charge >= 0.3 is 0 Å². The average molecular weight is 248 g/mol. The lowest BCUT2D eigenvalue weighted by Crippen LogP contribution is -2.37. The monoisotopic (exact) mass is 248 g/mol. The van der Waals surface area contributed by atoms with Crippen molar-refractivity contribution in [2.24, 2.45) is 5.73 Å². The van der Waals surface area contributed by atoms with Gasteiger partial charge in [-0.15, -0.1) is 0 Å². The molecule has 18 heavy (non-hydrogen) atoms. The van der Waals surface area contributed by atoms with Crippen LogP contribution in [-0.4, -0.2) is 48.0 Å². The van der Waals surface area contributed by atoms with Gasteiger partial charge in [-0.3, -0.25) is 9.88 Å². The van der Waals surface area contributed by atoms with Crippen LogP contribution in [0, 0.1) is 0 Å². The van der Waals surface area contributed by atoms with Gasteiger partial charge in [-0.2, -0.15) is 0 Å². The maximum atomic E-state index is 5.75. The molecule has 2 heterocycles. The van der Waals surface area contributed by atoms with Gasteiger partial charge in [0.2, 0.25) is 0 Å². The van der Waals surface area contributed by atoms with E-state index in [1.165, 1.54) is 24.9 Å². The molecule has 0 saturated carbocycles. The Bertz CT molecular complexity index is 378.